The average Bonchev–Trinajstić information content (AvgIpc) is 2.86. The van der Waals surface area contributed by atoms with Gasteiger partial charge < -0.3 is 15.6 Å². The summed E-state index contributed by atoms with van der Waals surface area (Å²) in [4.78, 5) is 7.01. The molecule has 0 spiro atoms. The Balaban J connectivity index is 1.80. The second-order valence-corrected chi connectivity index (χ2v) is 5.01. The summed E-state index contributed by atoms with van der Waals surface area (Å²) in [6, 6.07) is 5.65. The lowest BCUT2D eigenvalue weighted by molar-refractivity contribution is 0.853. The molecule has 6 heteroatoms. The van der Waals surface area contributed by atoms with Crippen LogP contribution in [0, 0.1) is 6.92 Å². The molecule has 0 saturated carbocycles. The number of imidazole rings is 1. The molecule has 1 aromatic carbocycles. The number of H-pyrrole nitrogens is 1. The molecule has 4 nitrogen and oxygen atoms in total. The largest absolute Gasteiger partial charge is 0.362 e. The monoisotopic (exact) mass is 294 g/mol. The summed E-state index contributed by atoms with van der Waals surface area (Å²) in [5.41, 5.74) is 3.10. The number of rotatable bonds is 4. The molecule has 0 radical (unpaired) electrons. The molecule has 19 heavy (non-hydrogen) atoms. The van der Waals surface area contributed by atoms with E-state index >= 15 is 0 Å². The number of aromatic amines is 1. The normalized spacial score (nSPS) is 10.2. The highest BCUT2D eigenvalue weighted by molar-refractivity contribution is 7.80. The Hall–Kier alpha value is -1.59. The number of anilines is 1. The second kappa shape index (κ2) is 6.54. The highest BCUT2D eigenvalue weighted by atomic mass is 35.5. The van der Waals surface area contributed by atoms with Crippen LogP contribution in [0.3, 0.4) is 0 Å². The molecule has 0 fully saturated rings. The van der Waals surface area contributed by atoms with E-state index in [4.69, 9.17) is 23.8 Å². The maximum Gasteiger partial charge on any atom is 0.170 e. The van der Waals surface area contributed by atoms with E-state index in [9.17, 15) is 0 Å². The van der Waals surface area contributed by atoms with E-state index in [0.29, 0.717) is 5.11 Å². The summed E-state index contributed by atoms with van der Waals surface area (Å²) in [6.07, 6.45) is 4.33. The maximum absolute atomic E-state index is 5.91. The lowest BCUT2D eigenvalue weighted by atomic mass is 10.2. The van der Waals surface area contributed by atoms with E-state index in [1.165, 1.54) is 0 Å². The first kappa shape index (κ1) is 13.8. The smallest absolute Gasteiger partial charge is 0.170 e. The highest BCUT2D eigenvalue weighted by Gasteiger charge is 2.02. The number of hydrogen-bond donors (Lipinski definition) is 3. The third-order valence-electron chi connectivity index (χ3n) is 2.67. The van der Waals surface area contributed by atoms with Crippen LogP contribution in [0.2, 0.25) is 5.02 Å². The van der Waals surface area contributed by atoms with Gasteiger partial charge in [-0.3, -0.25) is 0 Å². The fraction of sp³-hybridized carbons (Fsp3) is 0.231. The first-order valence-corrected chi connectivity index (χ1v) is 6.72. The van der Waals surface area contributed by atoms with E-state index < -0.39 is 0 Å². The molecule has 0 saturated heterocycles. The van der Waals surface area contributed by atoms with Gasteiger partial charge in [0.15, 0.2) is 5.11 Å². The molecule has 0 unspecified atom stereocenters. The SMILES string of the molecule is Cc1cc(Cl)ccc1NC(=S)NCCc1cnc[nH]1. The minimum atomic E-state index is 0.602. The molecule has 2 rings (SSSR count). The summed E-state index contributed by atoms with van der Waals surface area (Å²) in [5.74, 6) is 0. The van der Waals surface area contributed by atoms with Gasteiger partial charge in [0.2, 0.25) is 0 Å². The zero-order valence-electron chi connectivity index (χ0n) is 10.5. The highest BCUT2D eigenvalue weighted by Crippen LogP contribution is 2.19. The first-order chi connectivity index (χ1) is 9.15. The molecule has 100 valence electrons. The summed E-state index contributed by atoms with van der Waals surface area (Å²) >= 11 is 11.2. The molecule has 0 bridgehead atoms. The van der Waals surface area contributed by atoms with E-state index in [1.807, 2.05) is 31.3 Å². The fourth-order valence-corrected chi connectivity index (χ4v) is 2.10. The average molecular weight is 295 g/mol. The minimum absolute atomic E-state index is 0.602. The van der Waals surface area contributed by atoms with Crippen molar-refractivity contribution in [1.82, 2.24) is 15.3 Å². The molecule has 0 amide bonds. The zero-order valence-corrected chi connectivity index (χ0v) is 12.1. The fourth-order valence-electron chi connectivity index (χ4n) is 1.67. The van der Waals surface area contributed by atoms with Gasteiger partial charge in [-0.2, -0.15) is 0 Å². The summed E-state index contributed by atoms with van der Waals surface area (Å²) in [7, 11) is 0. The number of halogens is 1. The standard InChI is InChI=1S/C13H15ClN4S/c1-9-6-10(14)2-3-12(9)18-13(19)16-5-4-11-7-15-8-17-11/h2-3,6-8H,4-5H2,1H3,(H,15,17)(H2,16,18,19). The van der Waals surface area contributed by atoms with Gasteiger partial charge in [0, 0.05) is 35.6 Å². The quantitative estimate of drug-likeness (QED) is 0.759. The third-order valence-corrected chi connectivity index (χ3v) is 3.15. The van der Waals surface area contributed by atoms with Gasteiger partial charge in [-0.1, -0.05) is 11.6 Å². The van der Waals surface area contributed by atoms with Crippen molar-refractivity contribution in [2.75, 3.05) is 11.9 Å². The van der Waals surface area contributed by atoms with E-state index in [-0.39, 0.29) is 0 Å². The Morgan fingerprint density at radius 1 is 1.47 bits per heavy atom. The summed E-state index contributed by atoms with van der Waals surface area (Å²) in [6.45, 7) is 2.74. The van der Waals surface area contributed by atoms with Gasteiger partial charge in [0.1, 0.15) is 0 Å². The van der Waals surface area contributed by atoms with Crippen LogP contribution in [0.25, 0.3) is 0 Å². The van der Waals surface area contributed by atoms with Crippen LogP contribution in [-0.2, 0) is 6.42 Å². The zero-order chi connectivity index (χ0) is 13.7. The molecule has 0 aliphatic carbocycles. The second-order valence-electron chi connectivity index (χ2n) is 4.17. The molecular weight excluding hydrogens is 280 g/mol. The molecule has 0 aliphatic rings. The van der Waals surface area contributed by atoms with E-state index in [1.54, 1.807) is 6.33 Å². The summed E-state index contributed by atoms with van der Waals surface area (Å²) < 4.78 is 0. The molecule has 3 N–H and O–H groups in total. The molecule has 1 heterocycles. The van der Waals surface area contributed by atoms with Gasteiger partial charge in [-0.25, -0.2) is 4.98 Å². The lowest BCUT2D eigenvalue weighted by Crippen LogP contribution is -2.30. The molecule has 0 atom stereocenters. The van der Waals surface area contributed by atoms with Crippen LogP contribution in [0.1, 0.15) is 11.3 Å². The Morgan fingerprint density at radius 3 is 3.00 bits per heavy atom. The van der Waals surface area contributed by atoms with Gasteiger partial charge in [-0.05, 0) is 42.9 Å². The van der Waals surface area contributed by atoms with Gasteiger partial charge >= 0.3 is 0 Å². The van der Waals surface area contributed by atoms with Crippen LogP contribution in [0.15, 0.2) is 30.7 Å². The van der Waals surface area contributed by atoms with Crippen molar-refractivity contribution < 1.29 is 0 Å². The lowest BCUT2D eigenvalue weighted by Gasteiger charge is -2.12. The van der Waals surface area contributed by atoms with Crippen LogP contribution in [-0.4, -0.2) is 21.6 Å². The predicted octanol–water partition coefficient (Wildman–Crippen LogP) is 2.90. The Bertz CT molecular complexity index is 554. The van der Waals surface area contributed by atoms with Crippen LogP contribution < -0.4 is 10.6 Å². The van der Waals surface area contributed by atoms with Gasteiger partial charge in [0.05, 0.1) is 6.33 Å². The first-order valence-electron chi connectivity index (χ1n) is 5.93. The van der Waals surface area contributed by atoms with Crippen LogP contribution in [0.4, 0.5) is 5.69 Å². The van der Waals surface area contributed by atoms with Crippen molar-refractivity contribution >= 4 is 34.6 Å². The topological polar surface area (TPSA) is 52.7 Å². The Kier molecular flexibility index (Phi) is 4.76. The van der Waals surface area contributed by atoms with E-state index in [0.717, 1.165) is 34.9 Å². The van der Waals surface area contributed by atoms with Crippen molar-refractivity contribution in [2.45, 2.75) is 13.3 Å². The number of hydrogen-bond acceptors (Lipinski definition) is 2. The number of benzene rings is 1. The minimum Gasteiger partial charge on any atom is -0.362 e. The molecule has 0 aliphatic heterocycles. The van der Waals surface area contributed by atoms with Crippen molar-refractivity contribution in [3.63, 3.8) is 0 Å². The van der Waals surface area contributed by atoms with Crippen molar-refractivity contribution in [2.24, 2.45) is 0 Å². The molecule has 2 aromatic rings. The predicted molar refractivity (Wildman–Crippen MR) is 82.7 cm³/mol. The molecule has 1 aromatic heterocycles. The van der Waals surface area contributed by atoms with Crippen molar-refractivity contribution in [1.29, 1.82) is 0 Å². The van der Waals surface area contributed by atoms with Crippen LogP contribution >= 0.6 is 23.8 Å². The van der Waals surface area contributed by atoms with Crippen molar-refractivity contribution in [3.8, 4) is 0 Å². The summed E-state index contributed by atoms with van der Waals surface area (Å²) in [5, 5.41) is 7.63. The van der Waals surface area contributed by atoms with E-state index in [2.05, 4.69) is 20.6 Å². The number of nitrogens with zero attached hydrogens (tertiary/aromatic N) is 1. The number of aromatic nitrogens is 2. The van der Waals surface area contributed by atoms with Gasteiger partial charge in [-0.15, -0.1) is 0 Å². The Morgan fingerprint density at radius 2 is 2.32 bits per heavy atom. The Labute approximate surface area is 122 Å². The van der Waals surface area contributed by atoms with Gasteiger partial charge in [0.25, 0.3) is 0 Å². The number of thiocarbonyl (C=S) groups is 1. The maximum atomic E-state index is 5.91. The number of nitrogens with one attached hydrogen (secondary N) is 3. The van der Waals surface area contributed by atoms with Crippen molar-refractivity contribution in [3.05, 3.63) is 47.0 Å². The van der Waals surface area contributed by atoms with Crippen LogP contribution in [0.5, 0.6) is 0 Å². The third kappa shape index (κ3) is 4.22. The number of aryl methyl sites for hydroxylation is 1. The molecular formula is C13H15ClN4S.